The molecule has 0 fully saturated rings. The number of methoxy groups -OCH3 is 1. The predicted octanol–water partition coefficient (Wildman–Crippen LogP) is 2.68. The number of nitrogens with one attached hydrogen (secondary N) is 1. The van der Waals surface area contributed by atoms with Crippen LogP contribution in [0, 0.1) is 5.21 Å². The van der Waals surface area contributed by atoms with Crippen LogP contribution < -0.4 is 9.96 Å². The van der Waals surface area contributed by atoms with Gasteiger partial charge >= 0.3 is 0 Å². The molecule has 0 aliphatic rings. The second-order valence-corrected chi connectivity index (χ2v) is 7.13. The van der Waals surface area contributed by atoms with Crippen molar-refractivity contribution in [2.45, 2.75) is 4.34 Å². The number of hydrogen-bond donors (Lipinski definition) is 2. The Morgan fingerprint density at radius 1 is 1.38 bits per heavy atom. The van der Waals surface area contributed by atoms with Gasteiger partial charge < -0.3 is 9.94 Å². The molecule has 0 aliphatic carbocycles. The van der Waals surface area contributed by atoms with E-state index in [9.17, 15) is 15.2 Å². The van der Waals surface area contributed by atoms with Gasteiger partial charge in [0.05, 0.1) is 23.1 Å². The van der Waals surface area contributed by atoms with Gasteiger partial charge in [0.25, 0.3) is 0 Å². The van der Waals surface area contributed by atoms with Crippen molar-refractivity contribution in [1.82, 2.24) is 4.98 Å². The fraction of sp³-hybridized carbons (Fsp3) is 0.125. The third-order valence-corrected chi connectivity index (χ3v) is 5.53. The van der Waals surface area contributed by atoms with Crippen molar-refractivity contribution in [2.24, 2.45) is 0 Å². The second-order valence-electron chi connectivity index (χ2n) is 4.88. The Morgan fingerprint density at radius 2 is 2.17 bits per heavy atom. The summed E-state index contributed by atoms with van der Waals surface area (Å²) in [5, 5.41) is 19.3. The molecule has 1 heterocycles. The Kier molecular flexibility index (Phi) is 5.12. The molecule has 1 aromatic heterocycles. The van der Waals surface area contributed by atoms with E-state index in [1.54, 1.807) is 6.07 Å². The Labute approximate surface area is 146 Å². The molecular formula is C16H14N2O4S2. The number of benzene rings is 2. The number of hydrogen-bond acceptors (Lipinski definition) is 7. The van der Waals surface area contributed by atoms with Crippen molar-refractivity contribution in [3.8, 4) is 5.75 Å². The van der Waals surface area contributed by atoms with E-state index < -0.39 is 5.23 Å². The minimum atomic E-state index is -1.12. The van der Waals surface area contributed by atoms with E-state index in [-0.39, 0.29) is 23.0 Å². The second kappa shape index (κ2) is 7.29. The van der Waals surface area contributed by atoms with Gasteiger partial charge in [-0.2, -0.15) is 5.23 Å². The van der Waals surface area contributed by atoms with Crippen molar-refractivity contribution in [3.63, 3.8) is 0 Å². The van der Waals surface area contributed by atoms with Gasteiger partial charge in [0.2, 0.25) is 5.69 Å². The number of thioether (sulfide) groups is 1. The van der Waals surface area contributed by atoms with E-state index in [2.05, 4.69) is 4.98 Å². The number of thiazole rings is 1. The number of ether oxygens (including phenoxy) is 1. The maximum Gasteiger partial charge on any atom is 0.206 e. The number of nitrogens with zero attached hydrogens (tertiary/aromatic N) is 1. The van der Waals surface area contributed by atoms with Gasteiger partial charge in [-0.15, -0.1) is 11.3 Å². The van der Waals surface area contributed by atoms with Crippen molar-refractivity contribution in [2.75, 3.05) is 12.9 Å². The van der Waals surface area contributed by atoms with Crippen LogP contribution >= 0.6 is 23.1 Å². The number of fused-ring (bicyclic) bond motifs is 1. The van der Waals surface area contributed by atoms with Crippen LogP contribution in [-0.4, -0.2) is 28.8 Å². The van der Waals surface area contributed by atoms with Gasteiger partial charge in [-0.05, 0) is 24.3 Å². The number of para-hydroxylation sites is 1. The van der Waals surface area contributed by atoms with Crippen LogP contribution in [-0.2, 0) is 0 Å². The van der Waals surface area contributed by atoms with Crippen LogP contribution in [0.1, 0.15) is 10.4 Å². The highest BCUT2D eigenvalue weighted by molar-refractivity contribution is 8.01. The molecule has 2 N–H and O–H groups in total. The van der Waals surface area contributed by atoms with Crippen LogP contribution in [0.5, 0.6) is 5.75 Å². The maximum absolute atomic E-state index is 12.3. The first kappa shape index (κ1) is 16.9. The zero-order valence-corrected chi connectivity index (χ0v) is 14.3. The molecule has 0 radical (unpaired) electrons. The highest BCUT2D eigenvalue weighted by atomic mass is 32.2. The molecule has 0 saturated carbocycles. The Morgan fingerprint density at radius 3 is 2.88 bits per heavy atom. The lowest BCUT2D eigenvalue weighted by molar-refractivity contribution is -0.991. The van der Waals surface area contributed by atoms with E-state index >= 15 is 0 Å². The number of quaternary nitrogens is 1. The van der Waals surface area contributed by atoms with Gasteiger partial charge in [-0.3, -0.25) is 4.79 Å². The van der Waals surface area contributed by atoms with Crippen molar-refractivity contribution in [3.05, 3.63) is 53.2 Å². The smallest absolute Gasteiger partial charge is 0.206 e. The molecule has 2 aromatic carbocycles. The molecule has 3 aromatic rings. The predicted molar refractivity (Wildman–Crippen MR) is 93.4 cm³/mol. The molecule has 0 aliphatic heterocycles. The van der Waals surface area contributed by atoms with Gasteiger partial charge in [0.1, 0.15) is 0 Å². The van der Waals surface area contributed by atoms with E-state index in [0.29, 0.717) is 5.56 Å². The number of carbonyl (C=O) groups excluding carboxylic acids is 1. The summed E-state index contributed by atoms with van der Waals surface area (Å²) in [4.78, 5) is 16.8. The Bertz CT molecular complexity index is 846. The van der Waals surface area contributed by atoms with E-state index in [1.807, 2.05) is 24.3 Å². The highest BCUT2D eigenvalue weighted by Crippen LogP contribution is 2.30. The molecule has 24 heavy (non-hydrogen) atoms. The fourth-order valence-electron chi connectivity index (χ4n) is 2.17. The van der Waals surface area contributed by atoms with E-state index in [4.69, 9.17) is 4.74 Å². The van der Waals surface area contributed by atoms with Gasteiger partial charge in [-0.25, -0.2) is 10.2 Å². The average Bonchev–Trinajstić information content (AvgIpc) is 3.02. The molecule has 0 saturated heterocycles. The average molecular weight is 362 g/mol. The van der Waals surface area contributed by atoms with E-state index in [0.717, 1.165) is 14.6 Å². The minimum absolute atomic E-state index is 0.0201. The number of Topliss-reactive ketones (excluding diaryl/α,β-unsaturated/α-hetero) is 1. The molecule has 3 rings (SSSR count). The van der Waals surface area contributed by atoms with Gasteiger partial charge in [0.15, 0.2) is 15.9 Å². The monoisotopic (exact) mass is 362 g/mol. The topological polar surface area (TPSA) is 86.9 Å². The summed E-state index contributed by atoms with van der Waals surface area (Å²) >= 11 is 2.89. The van der Waals surface area contributed by atoms with Crippen molar-refractivity contribution in [1.29, 1.82) is 0 Å². The summed E-state index contributed by atoms with van der Waals surface area (Å²) in [6.07, 6.45) is 0. The summed E-state index contributed by atoms with van der Waals surface area (Å²) in [7, 11) is 1.40. The SMILES string of the molecule is COc1ccc(C(=O)CSc2nc3ccccc3s2)cc1[NH+]([O-])O. The van der Waals surface area contributed by atoms with Crippen LogP contribution in [0.3, 0.4) is 0 Å². The van der Waals surface area contributed by atoms with Gasteiger partial charge in [0, 0.05) is 11.6 Å². The molecule has 1 atom stereocenters. The maximum atomic E-state index is 12.3. The highest BCUT2D eigenvalue weighted by Gasteiger charge is 2.15. The summed E-state index contributed by atoms with van der Waals surface area (Å²) < 4.78 is 6.89. The van der Waals surface area contributed by atoms with Crippen molar-refractivity contribution >= 4 is 44.8 Å². The molecule has 124 valence electrons. The molecule has 0 bridgehead atoms. The lowest BCUT2D eigenvalue weighted by Crippen LogP contribution is -2.99. The number of carbonyl (C=O) groups is 1. The third kappa shape index (κ3) is 3.58. The molecule has 8 heteroatoms. The molecular weight excluding hydrogens is 348 g/mol. The lowest BCUT2D eigenvalue weighted by atomic mass is 10.1. The van der Waals surface area contributed by atoms with Gasteiger partial charge in [-0.1, -0.05) is 23.9 Å². The van der Waals surface area contributed by atoms with E-state index in [1.165, 1.54) is 42.3 Å². The largest absolute Gasteiger partial charge is 0.595 e. The standard InChI is InChI=1S/C16H14N2O4S2/c1-22-14-7-6-10(8-12(14)18(20)21)13(19)9-23-16-17-11-4-2-3-5-15(11)24-16/h2-8,18,20H,9H2,1H3. The number of aromatic nitrogens is 1. The normalized spacial score (nSPS) is 12.3. The molecule has 0 amide bonds. The minimum Gasteiger partial charge on any atom is -0.595 e. The number of ketones is 1. The first-order valence-electron chi connectivity index (χ1n) is 7.01. The zero-order chi connectivity index (χ0) is 17.1. The first-order chi connectivity index (χ1) is 11.6. The molecule has 6 nitrogen and oxygen atoms in total. The summed E-state index contributed by atoms with van der Waals surface area (Å²) in [6, 6.07) is 12.2. The molecule has 1 unspecified atom stereocenters. The first-order valence-corrected chi connectivity index (χ1v) is 8.81. The lowest BCUT2D eigenvalue weighted by Gasteiger charge is -2.15. The quantitative estimate of drug-likeness (QED) is 0.398. The zero-order valence-electron chi connectivity index (χ0n) is 12.7. The summed E-state index contributed by atoms with van der Waals surface area (Å²) in [5.74, 6) is 0.285. The van der Waals surface area contributed by atoms with Crippen LogP contribution in [0.2, 0.25) is 0 Å². The van der Waals surface area contributed by atoms with Crippen LogP contribution in [0.15, 0.2) is 46.8 Å². The third-order valence-electron chi connectivity index (χ3n) is 3.35. The van der Waals surface area contributed by atoms with Crippen LogP contribution in [0.4, 0.5) is 5.69 Å². The Balaban J connectivity index is 1.73. The fourth-order valence-corrected chi connectivity index (χ4v) is 4.13. The van der Waals surface area contributed by atoms with Crippen LogP contribution in [0.25, 0.3) is 10.2 Å². The van der Waals surface area contributed by atoms with Crippen molar-refractivity contribution < 1.29 is 20.0 Å². The number of rotatable bonds is 6. The molecule has 0 spiro atoms. The summed E-state index contributed by atoms with van der Waals surface area (Å²) in [6.45, 7) is 0. The summed E-state index contributed by atoms with van der Waals surface area (Å²) in [5.41, 5.74) is 1.24. The Hall–Kier alpha value is -1.97.